The number of carbonyl (C=O) groups is 6. The molecule has 6 atom stereocenters. The predicted molar refractivity (Wildman–Crippen MR) is 176 cm³/mol. The van der Waals surface area contributed by atoms with Gasteiger partial charge in [-0.25, -0.2) is 0 Å². The van der Waals surface area contributed by atoms with Gasteiger partial charge in [-0.2, -0.15) is 0 Å². The second kappa shape index (κ2) is 16.7. The molecule has 1 aromatic carbocycles. The van der Waals surface area contributed by atoms with E-state index in [2.05, 4.69) is 16.0 Å². The molecule has 47 heavy (non-hydrogen) atoms. The number of esters is 1. The number of likely N-dealkylation sites (N-methyl/N-ethyl adjacent to an activating group) is 1. The van der Waals surface area contributed by atoms with Gasteiger partial charge in [0.2, 0.25) is 23.6 Å². The van der Waals surface area contributed by atoms with Gasteiger partial charge in [-0.1, -0.05) is 78.8 Å². The Kier molecular flexibility index (Phi) is 13.4. The van der Waals surface area contributed by atoms with E-state index in [1.165, 1.54) is 16.8 Å². The Morgan fingerprint density at radius 2 is 1.51 bits per heavy atom. The van der Waals surface area contributed by atoms with Crippen molar-refractivity contribution in [3.8, 4) is 0 Å². The normalized spacial score (nSPS) is 27.6. The topological polar surface area (TPSA) is 154 Å². The largest absolute Gasteiger partial charge is 0.452 e. The van der Waals surface area contributed by atoms with Crippen molar-refractivity contribution in [1.29, 1.82) is 0 Å². The molecule has 0 spiro atoms. The van der Waals surface area contributed by atoms with E-state index in [1.54, 1.807) is 13.8 Å². The number of ether oxygens (including phenoxy) is 1. The molecule has 0 saturated carbocycles. The number of hydrogen-bond donors (Lipinski definition) is 3. The number of rotatable bonds is 6. The number of carbonyl (C=O) groups excluding carboxylic acids is 6. The molecular formula is C35H53N5O7. The molecule has 12 heteroatoms. The summed E-state index contributed by atoms with van der Waals surface area (Å²) in [7, 11) is 1.52. The van der Waals surface area contributed by atoms with Crippen molar-refractivity contribution >= 4 is 35.5 Å². The number of hydrogen-bond acceptors (Lipinski definition) is 7. The molecule has 2 heterocycles. The maximum atomic E-state index is 14.0. The molecule has 0 aromatic heterocycles. The highest BCUT2D eigenvalue weighted by atomic mass is 16.5. The first-order chi connectivity index (χ1) is 22.1. The van der Waals surface area contributed by atoms with Crippen molar-refractivity contribution in [2.45, 2.75) is 104 Å². The smallest absolute Gasteiger partial charge is 0.308 e. The van der Waals surface area contributed by atoms with Crippen LogP contribution in [0, 0.1) is 23.7 Å². The molecule has 0 bridgehead atoms. The Hall–Kier alpha value is -3.96. The summed E-state index contributed by atoms with van der Waals surface area (Å²) in [5, 5.41) is 8.50. The highest BCUT2D eigenvalue weighted by molar-refractivity contribution is 5.96. The Labute approximate surface area is 278 Å². The zero-order chi connectivity index (χ0) is 35.0. The zero-order valence-electron chi connectivity index (χ0n) is 29.1. The van der Waals surface area contributed by atoms with Gasteiger partial charge in [-0.05, 0) is 42.1 Å². The monoisotopic (exact) mass is 655 g/mol. The fraction of sp³-hybridized carbons (Fsp3) is 0.657. The van der Waals surface area contributed by atoms with Gasteiger partial charge in [0.25, 0.3) is 5.91 Å². The molecule has 3 unspecified atom stereocenters. The number of nitrogens with one attached hydrogen (secondary N) is 3. The van der Waals surface area contributed by atoms with E-state index in [-0.39, 0.29) is 49.5 Å². The second-order valence-corrected chi connectivity index (χ2v) is 14.0. The Morgan fingerprint density at radius 3 is 2.11 bits per heavy atom. The molecule has 1 aromatic rings. The molecule has 5 amide bonds. The minimum Gasteiger partial charge on any atom is -0.452 e. The number of amides is 5. The first-order valence-corrected chi connectivity index (χ1v) is 16.8. The summed E-state index contributed by atoms with van der Waals surface area (Å²) in [6.45, 7) is 13.1. The molecule has 3 rings (SSSR count). The highest BCUT2D eigenvalue weighted by Crippen LogP contribution is 2.27. The summed E-state index contributed by atoms with van der Waals surface area (Å²) in [5.74, 6) is -3.91. The van der Waals surface area contributed by atoms with Crippen molar-refractivity contribution in [2.75, 3.05) is 20.1 Å². The Morgan fingerprint density at radius 1 is 0.851 bits per heavy atom. The third-order valence-corrected chi connectivity index (χ3v) is 8.93. The summed E-state index contributed by atoms with van der Waals surface area (Å²) < 4.78 is 5.68. The maximum absolute atomic E-state index is 14.0. The van der Waals surface area contributed by atoms with Crippen LogP contribution in [0.15, 0.2) is 30.3 Å². The summed E-state index contributed by atoms with van der Waals surface area (Å²) in [4.78, 5) is 84.9. The van der Waals surface area contributed by atoms with Crippen molar-refractivity contribution in [2.24, 2.45) is 23.7 Å². The molecule has 2 aliphatic rings. The minimum atomic E-state index is -1.11. The molecule has 2 saturated heterocycles. The van der Waals surface area contributed by atoms with Gasteiger partial charge in [-0.3, -0.25) is 28.8 Å². The first-order valence-electron chi connectivity index (χ1n) is 16.8. The number of cyclic esters (lactones) is 1. The van der Waals surface area contributed by atoms with Crippen LogP contribution in [0.3, 0.4) is 0 Å². The number of benzene rings is 1. The highest BCUT2D eigenvalue weighted by Gasteiger charge is 2.44. The Bertz CT molecular complexity index is 1280. The Balaban J connectivity index is 2.06. The molecule has 0 aliphatic carbocycles. The van der Waals surface area contributed by atoms with Crippen molar-refractivity contribution in [3.05, 3.63) is 35.9 Å². The van der Waals surface area contributed by atoms with Gasteiger partial charge < -0.3 is 30.5 Å². The van der Waals surface area contributed by atoms with Crippen LogP contribution in [0.1, 0.15) is 73.3 Å². The summed E-state index contributed by atoms with van der Waals surface area (Å²) in [6.07, 6.45) is -0.326. The van der Waals surface area contributed by atoms with E-state index >= 15 is 0 Å². The maximum Gasteiger partial charge on any atom is 0.308 e. The molecule has 3 N–H and O–H groups in total. The van der Waals surface area contributed by atoms with Crippen molar-refractivity contribution < 1.29 is 33.5 Å². The van der Waals surface area contributed by atoms with Crippen LogP contribution in [0.5, 0.6) is 0 Å². The number of nitrogens with zero attached hydrogens (tertiary/aromatic N) is 2. The van der Waals surface area contributed by atoms with E-state index in [4.69, 9.17) is 4.74 Å². The van der Waals surface area contributed by atoms with Gasteiger partial charge in [0.1, 0.15) is 24.2 Å². The SMILES string of the molecule is CC(C)CC1OC(=O)CCNC(=O)C(C(C)C)N(C)C(=O)[C@H](C(C)C)NC(=O)[C@H](Cc2ccccc2)NC(=O)[C@@H]2C(C)CCN2C1=O. The van der Waals surface area contributed by atoms with Crippen LogP contribution >= 0.6 is 0 Å². The lowest BCUT2D eigenvalue weighted by Crippen LogP contribution is -2.61. The quantitative estimate of drug-likeness (QED) is 0.397. The van der Waals surface area contributed by atoms with Gasteiger partial charge in [0, 0.05) is 26.6 Å². The van der Waals surface area contributed by atoms with Crippen LogP contribution in [0.4, 0.5) is 0 Å². The molecule has 2 fully saturated rings. The van der Waals surface area contributed by atoms with Crippen molar-refractivity contribution in [3.63, 3.8) is 0 Å². The van der Waals surface area contributed by atoms with E-state index in [0.29, 0.717) is 13.0 Å². The summed E-state index contributed by atoms with van der Waals surface area (Å²) in [6, 6.07) is 5.38. The molecular weight excluding hydrogens is 602 g/mol. The van der Waals surface area contributed by atoms with Gasteiger partial charge in [0.15, 0.2) is 6.10 Å². The predicted octanol–water partition coefficient (Wildman–Crippen LogP) is 2.05. The molecule has 2 aliphatic heterocycles. The average Bonchev–Trinajstić information content (AvgIpc) is 3.39. The lowest BCUT2D eigenvalue weighted by molar-refractivity contribution is -0.162. The van der Waals surface area contributed by atoms with E-state index in [0.717, 1.165) is 5.56 Å². The zero-order valence-corrected chi connectivity index (χ0v) is 29.1. The van der Waals surface area contributed by atoms with E-state index < -0.39 is 65.8 Å². The van der Waals surface area contributed by atoms with Crippen molar-refractivity contribution in [1.82, 2.24) is 25.8 Å². The van der Waals surface area contributed by atoms with E-state index in [1.807, 2.05) is 65.0 Å². The molecule has 12 nitrogen and oxygen atoms in total. The van der Waals surface area contributed by atoms with Gasteiger partial charge >= 0.3 is 5.97 Å². The standard InChI is InChI=1S/C35H53N5O7/c1-20(2)18-26-34(45)40-17-15-23(7)30(40)33(44)37-25(19-24-12-10-9-11-13-24)31(42)38-28(21(3)4)35(46)39(8)29(22(5)6)32(43)36-16-14-27(41)47-26/h9-13,20-23,25-26,28-30H,14-19H2,1-8H3,(H,36,43)(H,37,44)(H,38,42)/t23?,25-,26?,28-,29?,30-/m0/s1. The third kappa shape index (κ3) is 9.77. The van der Waals surface area contributed by atoms with Crippen LogP contribution in [-0.2, 0) is 39.9 Å². The third-order valence-electron chi connectivity index (χ3n) is 8.93. The lowest BCUT2D eigenvalue weighted by Gasteiger charge is -2.35. The van der Waals surface area contributed by atoms with Crippen LogP contribution < -0.4 is 16.0 Å². The number of fused-ring (bicyclic) bond motifs is 1. The van der Waals surface area contributed by atoms with Crippen LogP contribution in [0.25, 0.3) is 0 Å². The van der Waals surface area contributed by atoms with E-state index in [9.17, 15) is 28.8 Å². The molecule has 0 radical (unpaired) electrons. The first kappa shape index (κ1) is 37.5. The van der Waals surface area contributed by atoms with Crippen LogP contribution in [0.2, 0.25) is 0 Å². The fourth-order valence-electron chi connectivity index (χ4n) is 6.38. The molecule has 260 valence electrons. The average molecular weight is 656 g/mol. The lowest BCUT2D eigenvalue weighted by atomic mass is 9.96. The van der Waals surface area contributed by atoms with Gasteiger partial charge in [0.05, 0.1) is 6.42 Å². The fourth-order valence-corrected chi connectivity index (χ4v) is 6.38. The van der Waals surface area contributed by atoms with Gasteiger partial charge in [-0.15, -0.1) is 0 Å². The van der Waals surface area contributed by atoms with Crippen LogP contribution in [-0.4, -0.2) is 95.7 Å². The summed E-state index contributed by atoms with van der Waals surface area (Å²) in [5.41, 5.74) is 0.795. The summed E-state index contributed by atoms with van der Waals surface area (Å²) >= 11 is 0. The minimum absolute atomic E-state index is 0.0121. The second-order valence-electron chi connectivity index (χ2n) is 14.0.